The van der Waals surface area contributed by atoms with Crippen LogP contribution in [0, 0.1) is 20.8 Å². The first-order valence-electron chi connectivity index (χ1n) is 14.9. The fourth-order valence-corrected chi connectivity index (χ4v) is 10.5. The smallest absolute Gasteiger partial charge is 0.194 e. The minimum atomic E-state index is -5.63. The highest BCUT2D eigenvalue weighted by Gasteiger charge is 2.80. The quantitative estimate of drug-likeness (QED) is 0.150. The molecule has 0 N–H and O–H groups in total. The average molecular weight is 725 g/mol. The summed E-state index contributed by atoms with van der Waals surface area (Å²) in [5.41, 5.74) is -2.13. The molecule has 244 valence electrons. The van der Waals surface area contributed by atoms with Crippen molar-refractivity contribution in [3.8, 4) is 10.4 Å². The van der Waals surface area contributed by atoms with Crippen molar-refractivity contribution in [3.05, 3.63) is 130 Å². The maximum atomic E-state index is 16.1. The zero-order chi connectivity index (χ0) is 34.0. The SMILES string of the molecule is Cc1sc(-c2ccc(Sc3ccccc3)cc2Sc2ccccc2)c(C)c1C1=C(c2c(C)sc3ccccc23)C(F)(F)C(F)(F)C1(F)F. The fourth-order valence-electron chi connectivity index (χ4n) is 6.22. The lowest BCUT2D eigenvalue weighted by Gasteiger charge is -2.26. The molecule has 0 amide bonds. The third-order valence-electron chi connectivity index (χ3n) is 8.41. The number of thiophene rings is 2. The molecule has 0 aliphatic heterocycles. The first-order chi connectivity index (χ1) is 22.8. The van der Waals surface area contributed by atoms with Crippen LogP contribution in [0.2, 0.25) is 0 Å². The van der Waals surface area contributed by atoms with E-state index in [1.165, 1.54) is 31.7 Å². The lowest BCUT2D eigenvalue weighted by atomic mass is 9.90. The molecule has 4 aromatic carbocycles. The van der Waals surface area contributed by atoms with Gasteiger partial charge in [-0.3, -0.25) is 0 Å². The standard InChI is InChI=1S/C38H26F6S4/c1-21-31(33-34(37(41,42)38(43,44)36(33,39)40)32-23(3)45-29-17-11-10-16-27(29)32)22(2)46-35(21)28-19-18-26(47-24-12-6-4-7-13-24)20-30(28)48-25-14-8-5-9-15-25/h4-20H,1-3H3. The molecule has 0 radical (unpaired) electrons. The minimum absolute atomic E-state index is 0.249. The summed E-state index contributed by atoms with van der Waals surface area (Å²) >= 11 is 5.32. The van der Waals surface area contributed by atoms with E-state index in [0.717, 1.165) is 42.3 Å². The molecule has 0 saturated heterocycles. The number of fused-ring (bicyclic) bond motifs is 1. The first-order valence-corrected chi connectivity index (χ1v) is 18.2. The van der Waals surface area contributed by atoms with Crippen LogP contribution in [0.5, 0.6) is 0 Å². The lowest BCUT2D eigenvalue weighted by molar-refractivity contribution is -0.254. The molecule has 7 rings (SSSR count). The topological polar surface area (TPSA) is 0 Å². The molecule has 48 heavy (non-hydrogen) atoms. The van der Waals surface area contributed by atoms with Gasteiger partial charge in [0.15, 0.2) is 0 Å². The Bertz CT molecular complexity index is 2200. The first kappa shape index (κ1) is 33.1. The second kappa shape index (κ2) is 12.2. The third kappa shape index (κ3) is 5.23. The fraction of sp³-hybridized carbons (Fsp3) is 0.158. The Hall–Kier alpha value is -3.44. The zero-order valence-corrected chi connectivity index (χ0v) is 29.0. The minimum Gasteiger partial charge on any atom is -0.194 e. The van der Waals surface area contributed by atoms with E-state index in [2.05, 4.69) is 0 Å². The van der Waals surface area contributed by atoms with Crippen LogP contribution < -0.4 is 0 Å². The Morgan fingerprint density at radius 3 is 1.73 bits per heavy atom. The molecule has 1 aliphatic carbocycles. The number of hydrogen-bond donors (Lipinski definition) is 0. The molecule has 6 aromatic rings. The Morgan fingerprint density at radius 2 is 1.08 bits per heavy atom. The number of rotatable bonds is 7. The van der Waals surface area contributed by atoms with E-state index < -0.39 is 28.9 Å². The van der Waals surface area contributed by atoms with Gasteiger partial charge in [0.1, 0.15) is 0 Å². The zero-order valence-electron chi connectivity index (χ0n) is 25.7. The molecule has 1 aliphatic rings. The summed E-state index contributed by atoms with van der Waals surface area (Å²) in [6, 6.07) is 31.8. The summed E-state index contributed by atoms with van der Waals surface area (Å²) in [5, 5.41) is 0.250. The van der Waals surface area contributed by atoms with E-state index in [4.69, 9.17) is 0 Å². The second-order valence-corrected chi connectivity index (χ2v) is 16.2. The molecular formula is C38H26F6S4. The van der Waals surface area contributed by atoms with Crippen molar-refractivity contribution in [3.63, 3.8) is 0 Å². The van der Waals surface area contributed by atoms with E-state index in [9.17, 15) is 0 Å². The summed E-state index contributed by atoms with van der Waals surface area (Å²) in [4.78, 5) is 4.84. The average Bonchev–Trinajstić information content (AvgIpc) is 3.57. The highest BCUT2D eigenvalue weighted by molar-refractivity contribution is 8.00. The normalized spacial score (nSPS) is 16.6. The van der Waals surface area contributed by atoms with E-state index in [1.54, 1.807) is 36.9 Å². The number of aryl methyl sites for hydroxylation is 2. The molecule has 0 atom stereocenters. The van der Waals surface area contributed by atoms with Crippen LogP contribution in [0.4, 0.5) is 26.3 Å². The molecule has 0 spiro atoms. The number of benzene rings is 4. The second-order valence-electron chi connectivity index (χ2n) is 11.5. The Kier molecular flexibility index (Phi) is 8.38. The monoisotopic (exact) mass is 724 g/mol. The Balaban J connectivity index is 1.45. The molecule has 2 aromatic heterocycles. The summed E-state index contributed by atoms with van der Waals surface area (Å²) < 4.78 is 95.3. The maximum absolute atomic E-state index is 16.1. The predicted octanol–water partition coefficient (Wildman–Crippen LogP) is 13.7. The van der Waals surface area contributed by atoms with Crippen LogP contribution in [-0.4, -0.2) is 17.8 Å². The Morgan fingerprint density at radius 1 is 0.542 bits per heavy atom. The molecule has 10 heteroatoms. The van der Waals surface area contributed by atoms with Gasteiger partial charge in [0.2, 0.25) is 0 Å². The van der Waals surface area contributed by atoms with E-state index >= 15 is 26.3 Å². The van der Waals surface area contributed by atoms with Crippen molar-refractivity contribution in [2.75, 3.05) is 0 Å². The number of allylic oxidation sites excluding steroid dienone is 2. The van der Waals surface area contributed by atoms with Gasteiger partial charge in [-0.05, 0) is 68.8 Å². The van der Waals surface area contributed by atoms with Gasteiger partial charge in [-0.15, -0.1) is 22.7 Å². The molecule has 0 unspecified atom stereocenters. The summed E-state index contributed by atoms with van der Waals surface area (Å²) in [6.07, 6.45) is 0. The number of hydrogen-bond acceptors (Lipinski definition) is 4. The van der Waals surface area contributed by atoms with Gasteiger partial charge in [-0.2, -0.15) is 26.3 Å². The summed E-state index contributed by atoms with van der Waals surface area (Å²) in [7, 11) is 0. The van der Waals surface area contributed by atoms with Gasteiger partial charge in [0, 0.05) is 72.1 Å². The summed E-state index contributed by atoms with van der Waals surface area (Å²) in [5.74, 6) is -15.9. The van der Waals surface area contributed by atoms with Gasteiger partial charge >= 0.3 is 17.8 Å². The molecular weight excluding hydrogens is 699 g/mol. The van der Waals surface area contributed by atoms with Gasteiger partial charge in [-0.1, -0.05) is 84.2 Å². The Labute approximate surface area is 290 Å². The highest BCUT2D eigenvalue weighted by Crippen LogP contribution is 2.67. The van der Waals surface area contributed by atoms with Crippen LogP contribution in [0.1, 0.15) is 26.4 Å². The molecule has 2 heterocycles. The van der Waals surface area contributed by atoms with Crippen LogP contribution in [0.15, 0.2) is 123 Å². The lowest BCUT2D eigenvalue weighted by Crippen LogP contribution is -2.49. The van der Waals surface area contributed by atoms with Crippen LogP contribution in [-0.2, 0) is 0 Å². The van der Waals surface area contributed by atoms with Crippen molar-refractivity contribution < 1.29 is 26.3 Å². The predicted molar refractivity (Wildman–Crippen MR) is 189 cm³/mol. The largest absolute Gasteiger partial charge is 0.380 e. The van der Waals surface area contributed by atoms with Crippen LogP contribution in [0.3, 0.4) is 0 Å². The van der Waals surface area contributed by atoms with E-state index in [0.29, 0.717) is 15.1 Å². The van der Waals surface area contributed by atoms with Gasteiger partial charge in [0.25, 0.3) is 0 Å². The van der Waals surface area contributed by atoms with Gasteiger partial charge in [0.05, 0.1) is 0 Å². The van der Waals surface area contributed by atoms with Crippen LogP contribution >= 0.6 is 46.2 Å². The van der Waals surface area contributed by atoms with Crippen molar-refractivity contribution in [1.29, 1.82) is 0 Å². The van der Waals surface area contributed by atoms with Crippen LogP contribution in [0.25, 0.3) is 31.7 Å². The number of alkyl halides is 6. The maximum Gasteiger partial charge on any atom is 0.380 e. The van der Waals surface area contributed by atoms with Gasteiger partial charge in [-0.25, -0.2) is 0 Å². The van der Waals surface area contributed by atoms with E-state index in [-0.39, 0.29) is 31.8 Å². The van der Waals surface area contributed by atoms with Crippen molar-refractivity contribution in [2.45, 2.75) is 58.1 Å². The van der Waals surface area contributed by atoms with Crippen molar-refractivity contribution >= 4 is 67.4 Å². The van der Waals surface area contributed by atoms with Crippen molar-refractivity contribution in [1.82, 2.24) is 0 Å². The molecule has 0 saturated carbocycles. The van der Waals surface area contributed by atoms with Gasteiger partial charge < -0.3 is 0 Å². The van der Waals surface area contributed by atoms with E-state index in [1.807, 2.05) is 78.9 Å². The number of halogens is 6. The third-order valence-corrected chi connectivity index (χ3v) is 12.8. The van der Waals surface area contributed by atoms with Crippen molar-refractivity contribution in [2.24, 2.45) is 0 Å². The highest BCUT2D eigenvalue weighted by atomic mass is 32.2. The molecule has 0 bridgehead atoms. The molecule has 0 nitrogen and oxygen atoms in total. The molecule has 0 fully saturated rings. The summed E-state index contributed by atoms with van der Waals surface area (Å²) in [6.45, 7) is 4.61.